The average molecular weight is 865 g/mol. The van der Waals surface area contributed by atoms with Crippen LogP contribution < -0.4 is 4.90 Å². The van der Waals surface area contributed by atoms with Gasteiger partial charge in [-0.05, 0) is 127 Å². The molecule has 13 aromatic rings. The van der Waals surface area contributed by atoms with Gasteiger partial charge in [-0.1, -0.05) is 206 Å². The molecule has 2 nitrogen and oxygen atoms in total. The smallest absolute Gasteiger partial charge is 0.0541 e. The number of para-hydroxylation sites is 3. The molecule has 13 rings (SSSR count). The molecule has 318 valence electrons. The van der Waals surface area contributed by atoms with E-state index in [9.17, 15) is 0 Å². The number of benzene rings is 12. The Morgan fingerprint density at radius 2 is 0.779 bits per heavy atom. The van der Waals surface area contributed by atoms with Gasteiger partial charge in [-0.25, -0.2) is 0 Å². The van der Waals surface area contributed by atoms with Crippen LogP contribution in [-0.4, -0.2) is 4.57 Å². The molecule has 0 aliphatic rings. The summed E-state index contributed by atoms with van der Waals surface area (Å²) >= 11 is 0. The highest BCUT2D eigenvalue weighted by molar-refractivity contribution is 6.22. The largest absolute Gasteiger partial charge is 0.309 e. The molecule has 0 aliphatic heterocycles. The van der Waals surface area contributed by atoms with Crippen LogP contribution in [0.5, 0.6) is 0 Å². The van der Waals surface area contributed by atoms with Crippen molar-refractivity contribution in [3.05, 3.63) is 267 Å². The van der Waals surface area contributed by atoms with E-state index in [1.165, 1.54) is 76.4 Å². The fourth-order valence-corrected chi connectivity index (χ4v) is 10.7. The summed E-state index contributed by atoms with van der Waals surface area (Å²) in [5.74, 6) is 0. The summed E-state index contributed by atoms with van der Waals surface area (Å²) in [4.78, 5) is 2.47. The fraction of sp³-hybridized carbons (Fsp3) is 0. The number of aromatic nitrogens is 1. The van der Waals surface area contributed by atoms with Gasteiger partial charge in [0.1, 0.15) is 0 Å². The predicted octanol–water partition coefficient (Wildman–Crippen LogP) is 18.4. The molecule has 0 saturated heterocycles. The second kappa shape index (κ2) is 16.5. The van der Waals surface area contributed by atoms with Gasteiger partial charge in [0.25, 0.3) is 0 Å². The maximum Gasteiger partial charge on any atom is 0.0541 e. The summed E-state index contributed by atoms with van der Waals surface area (Å²) in [6, 6.07) is 97.6. The standard InChI is InChI=1S/C66H44N2/c1-4-21-46(22-5-1)65-58-34-13-12-32-55(58)56-40-38-49(43-60(56)66(65)47-23-6-2-7-24-47)48-26-18-29-52(42-48)68(62-37-19-25-45-20-10-11-30-53(45)62)61-35-16-14-31-54(61)50-39-41-64-59(44-50)57-33-15-17-36-63(57)67(64)51-27-8-3-9-28-51/h1-44H. The molecule has 0 amide bonds. The van der Waals surface area contributed by atoms with E-state index in [2.05, 4.69) is 276 Å². The van der Waals surface area contributed by atoms with Crippen LogP contribution in [-0.2, 0) is 0 Å². The zero-order chi connectivity index (χ0) is 45.0. The molecule has 0 N–H and O–H groups in total. The lowest BCUT2D eigenvalue weighted by Crippen LogP contribution is -2.12. The van der Waals surface area contributed by atoms with Gasteiger partial charge in [-0.3, -0.25) is 0 Å². The number of nitrogens with zero attached hydrogens (tertiary/aromatic N) is 2. The van der Waals surface area contributed by atoms with E-state index in [1.807, 2.05) is 0 Å². The van der Waals surface area contributed by atoms with Crippen LogP contribution in [0, 0.1) is 0 Å². The number of fused-ring (bicyclic) bond motifs is 7. The Morgan fingerprint density at radius 1 is 0.265 bits per heavy atom. The van der Waals surface area contributed by atoms with Crippen LogP contribution in [0.25, 0.3) is 104 Å². The minimum absolute atomic E-state index is 1.08. The van der Waals surface area contributed by atoms with E-state index >= 15 is 0 Å². The molecular weight excluding hydrogens is 821 g/mol. The minimum atomic E-state index is 1.08. The summed E-state index contributed by atoms with van der Waals surface area (Å²) in [6.07, 6.45) is 0. The van der Waals surface area contributed by atoms with Crippen LogP contribution >= 0.6 is 0 Å². The quantitative estimate of drug-likeness (QED) is 0.138. The molecule has 1 heterocycles. The minimum Gasteiger partial charge on any atom is -0.309 e. The molecule has 0 aliphatic carbocycles. The van der Waals surface area contributed by atoms with Gasteiger partial charge in [-0.15, -0.1) is 0 Å². The highest BCUT2D eigenvalue weighted by Crippen LogP contribution is 2.48. The Kier molecular flexibility index (Phi) is 9.54. The van der Waals surface area contributed by atoms with Crippen LogP contribution in [0.1, 0.15) is 0 Å². The first kappa shape index (κ1) is 39.4. The molecule has 2 heteroatoms. The van der Waals surface area contributed by atoms with Crippen molar-refractivity contribution in [1.82, 2.24) is 4.57 Å². The normalized spacial score (nSPS) is 11.5. The van der Waals surface area contributed by atoms with E-state index in [1.54, 1.807) is 0 Å². The van der Waals surface area contributed by atoms with Gasteiger partial charge in [-0.2, -0.15) is 0 Å². The number of rotatable bonds is 8. The summed E-state index contributed by atoms with van der Waals surface area (Å²) in [7, 11) is 0. The highest BCUT2D eigenvalue weighted by atomic mass is 15.1. The predicted molar refractivity (Wildman–Crippen MR) is 290 cm³/mol. The van der Waals surface area contributed by atoms with Gasteiger partial charge in [0.15, 0.2) is 0 Å². The number of hydrogen-bond donors (Lipinski definition) is 0. The van der Waals surface area contributed by atoms with Crippen LogP contribution in [0.2, 0.25) is 0 Å². The Balaban J connectivity index is 1.02. The summed E-state index contributed by atoms with van der Waals surface area (Å²) in [5, 5.41) is 9.83. The van der Waals surface area contributed by atoms with Gasteiger partial charge in [0.05, 0.1) is 22.4 Å². The summed E-state index contributed by atoms with van der Waals surface area (Å²) in [6.45, 7) is 0. The third-order valence-corrected chi connectivity index (χ3v) is 13.7. The zero-order valence-electron chi connectivity index (χ0n) is 37.3. The Bertz CT molecular complexity index is 4010. The summed E-state index contributed by atoms with van der Waals surface area (Å²) < 4.78 is 2.38. The molecule has 0 atom stereocenters. The Morgan fingerprint density at radius 3 is 1.57 bits per heavy atom. The van der Waals surface area contributed by atoms with E-state index in [4.69, 9.17) is 0 Å². The number of hydrogen-bond acceptors (Lipinski definition) is 1. The van der Waals surface area contributed by atoms with E-state index in [0.717, 1.165) is 45.0 Å². The van der Waals surface area contributed by atoms with E-state index in [0.29, 0.717) is 0 Å². The second-order valence-electron chi connectivity index (χ2n) is 17.6. The maximum atomic E-state index is 2.47. The highest BCUT2D eigenvalue weighted by Gasteiger charge is 2.22. The molecule has 0 spiro atoms. The van der Waals surface area contributed by atoms with Gasteiger partial charge >= 0.3 is 0 Å². The molecule has 68 heavy (non-hydrogen) atoms. The third-order valence-electron chi connectivity index (χ3n) is 13.7. The van der Waals surface area contributed by atoms with Crippen LogP contribution in [0.3, 0.4) is 0 Å². The summed E-state index contributed by atoms with van der Waals surface area (Å²) in [5.41, 5.74) is 16.4. The molecule has 0 fully saturated rings. The molecular formula is C66H44N2. The SMILES string of the molecule is c1ccc(-c2c(-c3ccccc3)c3cc(-c4cccc(N(c5ccccc5-c5ccc6c(c5)c5ccccc5n6-c5ccccc5)c5cccc6ccccc56)c4)ccc3c3ccccc23)cc1. The van der Waals surface area contributed by atoms with Crippen LogP contribution in [0.15, 0.2) is 267 Å². The maximum absolute atomic E-state index is 2.47. The fourth-order valence-electron chi connectivity index (χ4n) is 10.7. The van der Waals surface area contributed by atoms with Crippen molar-refractivity contribution in [3.8, 4) is 50.2 Å². The lowest BCUT2D eigenvalue weighted by molar-refractivity contribution is 1.18. The van der Waals surface area contributed by atoms with Crippen molar-refractivity contribution in [2.75, 3.05) is 4.90 Å². The van der Waals surface area contributed by atoms with Crippen molar-refractivity contribution in [3.63, 3.8) is 0 Å². The first-order valence-corrected chi connectivity index (χ1v) is 23.4. The monoisotopic (exact) mass is 864 g/mol. The first-order chi connectivity index (χ1) is 33.8. The number of anilines is 3. The molecule has 12 aromatic carbocycles. The topological polar surface area (TPSA) is 8.17 Å². The average Bonchev–Trinajstić information content (AvgIpc) is 3.75. The second-order valence-corrected chi connectivity index (χ2v) is 17.6. The van der Waals surface area contributed by atoms with Crippen LogP contribution in [0.4, 0.5) is 17.1 Å². The molecule has 0 bridgehead atoms. The van der Waals surface area contributed by atoms with E-state index < -0.39 is 0 Å². The van der Waals surface area contributed by atoms with Gasteiger partial charge < -0.3 is 9.47 Å². The van der Waals surface area contributed by atoms with Crippen molar-refractivity contribution in [1.29, 1.82) is 0 Å². The lowest BCUT2D eigenvalue weighted by atomic mass is 9.84. The van der Waals surface area contributed by atoms with Crippen molar-refractivity contribution >= 4 is 71.2 Å². The third kappa shape index (κ3) is 6.57. The lowest BCUT2D eigenvalue weighted by Gasteiger charge is -2.29. The molecule has 0 radical (unpaired) electrons. The van der Waals surface area contributed by atoms with E-state index in [-0.39, 0.29) is 0 Å². The van der Waals surface area contributed by atoms with Crippen molar-refractivity contribution in [2.24, 2.45) is 0 Å². The van der Waals surface area contributed by atoms with Gasteiger partial charge in [0.2, 0.25) is 0 Å². The Hall–Kier alpha value is -8.98. The van der Waals surface area contributed by atoms with Crippen molar-refractivity contribution < 1.29 is 0 Å². The molecule has 1 aromatic heterocycles. The first-order valence-electron chi connectivity index (χ1n) is 23.4. The van der Waals surface area contributed by atoms with Gasteiger partial charge in [0, 0.05) is 33.1 Å². The molecule has 0 unspecified atom stereocenters. The zero-order valence-corrected chi connectivity index (χ0v) is 37.3. The Labute approximate surface area is 395 Å². The van der Waals surface area contributed by atoms with Crippen molar-refractivity contribution in [2.45, 2.75) is 0 Å². The molecule has 0 saturated carbocycles.